The molecule has 0 aliphatic carbocycles. The molecule has 0 unspecified atom stereocenters. The van der Waals surface area contributed by atoms with Crippen molar-refractivity contribution in [2.75, 3.05) is 30.9 Å². The van der Waals surface area contributed by atoms with E-state index < -0.39 is 9.84 Å². The molecule has 10 heteroatoms. The number of sulfone groups is 1. The summed E-state index contributed by atoms with van der Waals surface area (Å²) >= 11 is 1.37. The van der Waals surface area contributed by atoms with Crippen LogP contribution in [-0.4, -0.2) is 60.0 Å². The Bertz CT molecular complexity index is 1380. The Morgan fingerprint density at radius 3 is 2.77 bits per heavy atom. The number of hydrogen-bond donors (Lipinski definition) is 0. The molecule has 4 aromatic rings. The fraction of sp³-hybridized carbons (Fsp3) is 0.350. The molecule has 3 aromatic heterocycles. The number of rotatable bonds is 3. The molecule has 5 rings (SSSR count). The number of anilines is 1. The van der Waals surface area contributed by atoms with E-state index in [-0.39, 0.29) is 10.9 Å². The van der Waals surface area contributed by atoms with E-state index in [1.165, 1.54) is 17.6 Å². The zero-order valence-electron chi connectivity index (χ0n) is 16.9. The number of imidazole rings is 1. The summed E-state index contributed by atoms with van der Waals surface area (Å²) in [6, 6.07) is 7.90. The number of benzene rings is 1. The first kappa shape index (κ1) is 19.4. The quantitative estimate of drug-likeness (QED) is 0.481. The fourth-order valence-corrected chi connectivity index (χ4v) is 6.15. The molecule has 8 nitrogen and oxygen atoms in total. The van der Waals surface area contributed by atoms with Gasteiger partial charge in [-0.25, -0.2) is 18.4 Å². The number of thiophene rings is 1. The maximum atomic E-state index is 12.4. The number of para-hydroxylation sites is 2. The summed E-state index contributed by atoms with van der Waals surface area (Å²) in [7, 11) is -3.43. The second kappa shape index (κ2) is 7.00. The topological polar surface area (TPSA) is 90.2 Å². The van der Waals surface area contributed by atoms with Crippen molar-refractivity contribution in [3.8, 4) is 5.95 Å². The smallest absolute Gasteiger partial charge is 0.238 e. The fourth-order valence-electron chi connectivity index (χ4n) is 3.87. The number of nitrogens with zero attached hydrogens (tertiary/aromatic N) is 5. The highest BCUT2D eigenvalue weighted by Crippen LogP contribution is 2.36. The Kier molecular flexibility index (Phi) is 4.53. The van der Waals surface area contributed by atoms with E-state index in [1.54, 1.807) is 5.38 Å². The normalized spacial score (nSPS) is 17.8. The van der Waals surface area contributed by atoms with Gasteiger partial charge in [-0.15, -0.1) is 11.3 Å². The van der Waals surface area contributed by atoms with Crippen LogP contribution >= 0.6 is 11.3 Å². The van der Waals surface area contributed by atoms with Crippen LogP contribution in [0.3, 0.4) is 0 Å². The standard InChI is InChI=1S/C20H21N5O3S2/c1-12-10-28-9-8-24(12)19-18-17(16(11-29-18)30(3,26)27)22-20(23-19)25-13(2)21-14-6-4-5-7-15(14)25/h4-7,11-12H,8-10H2,1-3H3/t12-/m1/s1. The van der Waals surface area contributed by atoms with Gasteiger partial charge >= 0.3 is 0 Å². The van der Waals surface area contributed by atoms with Gasteiger partial charge in [0.2, 0.25) is 5.95 Å². The Hall–Kier alpha value is -2.56. The van der Waals surface area contributed by atoms with Gasteiger partial charge in [-0.3, -0.25) is 4.57 Å². The van der Waals surface area contributed by atoms with Crippen LogP contribution in [-0.2, 0) is 14.6 Å². The summed E-state index contributed by atoms with van der Waals surface area (Å²) in [5, 5.41) is 1.66. The Labute approximate surface area is 178 Å². The molecule has 1 aliphatic heterocycles. The Morgan fingerprint density at radius 1 is 1.20 bits per heavy atom. The van der Waals surface area contributed by atoms with Crippen LogP contribution in [0.2, 0.25) is 0 Å². The van der Waals surface area contributed by atoms with Gasteiger partial charge in [0.25, 0.3) is 0 Å². The summed E-state index contributed by atoms with van der Waals surface area (Å²) in [6.07, 6.45) is 1.21. The number of hydrogen-bond acceptors (Lipinski definition) is 8. The third kappa shape index (κ3) is 3.06. The van der Waals surface area contributed by atoms with Crippen molar-refractivity contribution < 1.29 is 13.2 Å². The molecular formula is C20H21N5O3S2. The van der Waals surface area contributed by atoms with Gasteiger partial charge < -0.3 is 9.64 Å². The monoisotopic (exact) mass is 443 g/mol. The average Bonchev–Trinajstić information content (AvgIpc) is 3.27. The summed E-state index contributed by atoms with van der Waals surface area (Å²) < 4.78 is 33.1. The molecule has 1 atom stereocenters. The molecule has 156 valence electrons. The van der Waals surface area contributed by atoms with Crippen LogP contribution in [0.5, 0.6) is 0 Å². The highest BCUT2D eigenvalue weighted by molar-refractivity contribution is 7.91. The predicted molar refractivity (Wildman–Crippen MR) is 118 cm³/mol. The van der Waals surface area contributed by atoms with Gasteiger partial charge in [0.1, 0.15) is 16.2 Å². The van der Waals surface area contributed by atoms with Crippen LogP contribution in [0.1, 0.15) is 12.7 Å². The zero-order valence-corrected chi connectivity index (χ0v) is 18.5. The van der Waals surface area contributed by atoms with Crippen LogP contribution < -0.4 is 4.90 Å². The van der Waals surface area contributed by atoms with Crippen LogP contribution in [0.4, 0.5) is 5.82 Å². The maximum absolute atomic E-state index is 12.4. The second-order valence-electron chi connectivity index (χ2n) is 7.50. The first-order valence-electron chi connectivity index (χ1n) is 9.63. The molecule has 0 N–H and O–H groups in total. The Morgan fingerprint density at radius 2 is 2.00 bits per heavy atom. The SMILES string of the molecule is Cc1nc2ccccc2n1-c1nc(N2CCOC[C@H]2C)c2scc(S(C)(=O)=O)c2n1. The molecule has 1 saturated heterocycles. The maximum Gasteiger partial charge on any atom is 0.238 e. The first-order chi connectivity index (χ1) is 14.3. The lowest BCUT2D eigenvalue weighted by Crippen LogP contribution is -2.44. The third-order valence-corrected chi connectivity index (χ3v) is 7.55. The van der Waals surface area contributed by atoms with E-state index in [2.05, 4.69) is 16.8 Å². The minimum absolute atomic E-state index is 0.120. The van der Waals surface area contributed by atoms with Crippen molar-refractivity contribution in [3.63, 3.8) is 0 Å². The molecule has 1 aliphatic rings. The molecule has 0 bridgehead atoms. The summed E-state index contributed by atoms with van der Waals surface area (Å²) in [5.41, 5.74) is 2.18. The number of ether oxygens (including phenoxy) is 1. The van der Waals surface area contributed by atoms with E-state index in [9.17, 15) is 8.42 Å². The molecule has 4 heterocycles. The van der Waals surface area contributed by atoms with Crippen molar-refractivity contribution in [2.45, 2.75) is 24.8 Å². The summed E-state index contributed by atoms with van der Waals surface area (Å²) in [6.45, 7) is 5.86. The zero-order chi connectivity index (χ0) is 21.0. The van der Waals surface area contributed by atoms with Gasteiger partial charge in [0.15, 0.2) is 15.7 Å². The van der Waals surface area contributed by atoms with Crippen molar-refractivity contribution in [2.24, 2.45) is 0 Å². The van der Waals surface area contributed by atoms with Crippen molar-refractivity contribution >= 4 is 48.2 Å². The van der Waals surface area contributed by atoms with Crippen LogP contribution in [0.25, 0.3) is 27.2 Å². The molecule has 1 aromatic carbocycles. The van der Waals surface area contributed by atoms with Gasteiger partial charge in [-0.2, -0.15) is 4.98 Å². The Balaban J connectivity index is 1.83. The minimum atomic E-state index is -3.43. The summed E-state index contributed by atoms with van der Waals surface area (Å²) in [4.78, 5) is 16.7. The molecule has 0 amide bonds. The molecule has 0 saturated carbocycles. The van der Waals surface area contributed by atoms with E-state index in [0.29, 0.717) is 31.2 Å². The lowest BCUT2D eigenvalue weighted by molar-refractivity contribution is 0.0987. The second-order valence-corrected chi connectivity index (χ2v) is 10.4. The van der Waals surface area contributed by atoms with Gasteiger partial charge in [-0.05, 0) is 26.0 Å². The third-order valence-electron chi connectivity index (χ3n) is 5.32. The molecular weight excluding hydrogens is 422 g/mol. The highest BCUT2D eigenvalue weighted by atomic mass is 32.2. The largest absolute Gasteiger partial charge is 0.377 e. The van der Waals surface area contributed by atoms with Crippen molar-refractivity contribution in [3.05, 3.63) is 35.5 Å². The van der Waals surface area contributed by atoms with E-state index in [0.717, 1.165) is 27.4 Å². The predicted octanol–water partition coefficient (Wildman–Crippen LogP) is 2.97. The number of aromatic nitrogens is 4. The summed E-state index contributed by atoms with van der Waals surface area (Å²) in [5.74, 6) is 1.90. The molecule has 0 radical (unpaired) electrons. The van der Waals surface area contributed by atoms with E-state index >= 15 is 0 Å². The number of fused-ring (bicyclic) bond motifs is 2. The van der Waals surface area contributed by atoms with Crippen LogP contribution in [0, 0.1) is 6.92 Å². The molecule has 0 spiro atoms. The number of aryl methyl sites for hydroxylation is 1. The van der Waals surface area contributed by atoms with E-state index in [4.69, 9.17) is 14.7 Å². The van der Waals surface area contributed by atoms with Crippen LogP contribution in [0.15, 0.2) is 34.5 Å². The minimum Gasteiger partial charge on any atom is -0.377 e. The first-order valence-corrected chi connectivity index (χ1v) is 12.4. The number of morpholine rings is 1. The van der Waals surface area contributed by atoms with Gasteiger partial charge in [0, 0.05) is 18.2 Å². The molecule has 1 fully saturated rings. The highest BCUT2D eigenvalue weighted by Gasteiger charge is 2.27. The van der Waals surface area contributed by atoms with Gasteiger partial charge in [-0.1, -0.05) is 12.1 Å². The van der Waals surface area contributed by atoms with Crippen molar-refractivity contribution in [1.29, 1.82) is 0 Å². The lowest BCUT2D eigenvalue weighted by Gasteiger charge is -2.34. The average molecular weight is 444 g/mol. The lowest BCUT2D eigenvalue weighted by atomic mass is 10.2. The molecule has 30 heavy (non-hydrogen) atoms. The van der Waals surface area contributed by atoms with E-state index in [1.807, 2.05) is 35.8 Å². The van der Waals surface area contributed by atoms with Crippen molar-refractivity contribution in [1.82, 2.24) is 19.5 Å². The van der Waals surface area contributed by atoms with Gasteiger partial charge in [0.05, 0.1) is 35.0 Å².